The van der Waals surface area contributed by atoms with Gasteiger partial charge in [-0.25, -0.2) is 4.79 Å². The van der Waals surface area contributed by atoms with Gasteiger partial charge in [-0.05, 0) is 26.7 Å². The Hall–Kier alpha value is -1.63. The Balaban J connectivity index is 3.87. The number of methoxy groups -OCH3 is 1. The molecule has 0 saturated carbocycles. The molecule has 0 aliphatic carbocycles. The smallest absolute Gasteiger partial charge is 0.321 e. The molecule has 0 aromatic heterocycles. The maximum atomic E-state index is 11.5. The van der Waals surface area contributed by atoms with Gasteiger partial charge in [-0.2, -0.15) is 0 Å². The predicted octanol–water partition coefficient (Wildman–Crippen LogP) is 0.740. The van der Waals surface area contributed by atoms with Crippen molar-refractivity contribution in [3.63, 3.8) is 0 Å². The number of urea groups is 1. The Morgan fingerprint density at radius 1 is 1.21 bits per heavy atom. The lowest BCUT2D eigenvalue weighted by Gasteiger charge is -2.17. The average molecular weight is 274 g/mol. The van der Waals surface area contributed by atoms with Gasteiger partial charge in [-0.15, -0.1) is 0 Å². The standard InChI is InChI=1S/C12H22N2O5/c1-12(2,10(16)17)8-9(15)14-11(18)13-6-4-5-7-19-3/h4-8H2,1-3H3,(H,16,17)(H2,13,14,15,18). The molecule has 7 nitrogen and oxygen atoms in total. The van der Waals surface area contributed by atoms with Crippen molar-refractivity contribution in [2.45, 2.75) is 33.1 Å². The van der Waals surface area contributed by atoms with Crippen LogP contribution in [0.1, 0.15) is 33.1 Å². The van der Waals surface area contributed by atoms with Crippen molar-refractivity contribution in [2.24, 2.45) is 5.41 Å². The lowest BCUT2D eigenvalue weighted by molar-refractivity contribution is -0.149. The maximum Gasteiger partial charge on any atom is 0.321 e. The normalized spacial score (nSPS) is 10.9. The monoisotopic (exact) mass is 274 g/mol. The minimum Gasteiger partial charge on any atom is -0.481 e. The second kappa shape index (κ2) is 8.47. The summed E-state index contributed by atoms with van der Waals surface area (Å²) in [6.45, 7) is 3.91. The number of rotatable bonds is 8. The van der Waals surface area contributed by atoms with E-state index in [1.807, 2.05) is 0 Å². The molecule has 0 fully saturated rings. The molecule has 0 aromatic carbocycles. The second-order valence-electron chi connectivity index (χ2n) is 4.87. The summed E-state index contributed by atoms with van der Waals surface area (Å²) < 4.78 is 4.85. The van der Waals surface area contributed by atoms with E-state index in [2.05, 4.69) is 10.6 Å². The molecule has 0 radical (unpaired) electrons. The minimum atomic E-state index is -1.19. The van der Waals surface area contributed by atoms with Crippen LogP contribution in [-0.2, 0) is 14.3 Å². The lowest BCUT2D eigenvalue weighted by Crippen LogP contribution is -2.42. The van der Waals surface area contributed by atoms with Crippen LogP contribution in [0.4, 0.5) is 4.79 Å². The number of amides is 3. The van der Waals surface area contributed by atoms with Crippen LogP contribution in [0, 0.1) is 5.41 Å². The van der Waals surface area contributed by atoms with E-state index in [4.69, 9.17) is 9.84 Å². The van der Waals surface area contributed by atoms with Crippen molar-refractivity contribution in [1.82, 2.24) is 10.6 Å². The van der Waals surface area contributed by atoms with Gasteiger partial charge in [0.25, 0.3) is 0 Å². The summed E-state index contributed by atoms with van der Waals surface area (Å²) in [6, 6.07) is -0.608. The number of imide groups is 1. The molecule has 0 unspecified atom stereocenters. The molecular formula is C12H22N2O5. The molecule has 19 heavy (non-hydrogen) atoms. The van der Waals surface area contributed by atoms with Gasteiger partial charge in [-0.3, -0.25) is 14.9 Å². The fourth-order valence-corrected chi connectivity index (χ4v) is 1.27. The quantitative estimate of drug-likeness (QED) is 0.566. The second-order valence-corrected chi connectivity index (χ2v) is 4.87. The Labute approximate surface area is 112 Å². The highest BCUT2D eigenvalue weighted by Gasteiger charge is 2.30. The van der Waals surface area contributed by atoms with Gasteiger partial charge in [0.15, 0.2) is 0 Å². The Morgan fingerprint density at radius 3 is 2.37 bits per heavy atom. The van der Waals surface area contributed by atoms with E-state index in [1.165, 1.54) is 13.8 Å². The van der Waals surface area contributed by atoms with E-state index >= 15 is 0 Å². The molecule has 0 atom stereocenters. The number of carbonyl (C=O) groups excluding carboxylic acids is 2. The molecule has 3 amide bonds. The molecule has 0 rings (SSSR count). The summed E-state index contributed by atoms with van der Waals surface area (Å²) in [6.07, 6.45) is 1.31. The van der Waals surface area contributed by atoms with Crippen molar-refractivity contribution in [3.8, 4) is 0 Å². The fourth-order valence-electron chi connectivity index (χ4n) is 1.27. The highest BCUT2D eigenvalue weighted by molar-refractivity contribution is 5.96. The average Bonchev–Trinajstić information content (AvgIpc) is 2.27. The highest BCUT2D eigenvalue weighted by Crippen LogP contribution is 2.19. The maximum absolute atomic E-state index is 11.5. The van der Waals surface area contributed by atoms with Gasteiger partial charge in [0.2, 0.25) is 5.91 Å². The number of hydrogen-bond donors (Lipinski definition) is 3. The fraction of sp³-hybridized carbons (Fsp3) is 0.750. The van der Waals surface area contributed by atoms with E-state index in [1.54, 1.807) is 7.11 Å². The number of carboxylic acids is 1. The first-order valence-electron chi connectivity index (χ1n) is 6.09. The van der Waals surface area contributed by atoms with Crippen molar-refractivity contribution >= 4 is 17.9 Å². The third-order valence-electron chi connectivity index (χ3n) is 2.50. The van der Waals surface area contributed by atoms with E-state index in [9.17, 15) is 14.4 Å². The molecule has 0 aliphatic rings. The van der Waals surface area contributed by atoms with Gasteiger partial charge in [0.05, 0.1) is 5.41 Å². The summed E-state index contributed by atoms with van der Waals surface area (Å²) in [4.78, 5) is 33.6. The number of nitrogens with one attached hydrogen (secondary N) is 2. The largest absolute Gasteiger partial charge is 0.481 e. The number of ether oxygens (including phenoxy) is 1. The lowest BCUT2D eigenvalue weighted by atomic mass is 9.89. The zero-order valence-corrected chi connectivity index (χ0v) is 11.6. The van der Waals surface area contributed by atoms with Crippen LogP contribution >= 0.6 is 0 Å². The van der Waals surface area contributed by atoms with Gasteiger partial charge in [0.1, 0.15) is 0 Å². The Kier molecular flexibility index (Phi) is 7.74. The highest BCUT2D eigenvalue weighted by atomic mass is 16.5. The van der Waals surface area contributed by atoms with Crippen LogP contribution in [0.25, 0.3) is 0 Å². The molecular weight excluding hydrogens is 252 g/mol. The molecule has 0 aliphatic heterocycles. The van der Waals surface area contributed by atoms with E-state index in [0.717, 1.165) is 12.8 Å². The molecule has 0 bridgehead atoms. The summed E-state index contributed by atoms with van der Waals surface area (Å²) in [5.41, 5.74) is -1.19. The van der Waals surface area contributed by atoms with E-state index < -0.39 is 23.3 Å². The van der Waals surface area contributed by atoms with Crippen molar-refractivity contribution < 1.29 is 24.2 Å². The first-order valence-corrected chi connectivity index (χ1v) is 6.09. The van der Waals surface area contributed by atoms with Crippen LogP contribution in [0.3, 0.4) is 0 Å². The van der Waals surface area contributed by atoms with Crippen LogP contribution in [0.5, 0.6) is 0 Å². The molecule has 110 valence electrons. The number of carboxylic acid groups (broad SMARTS) is 1. The number of unbranched alkanes of at least 4 members (excludes halogenated alkanes) is 1. The van der Waals surface area contributed by atoms with Crippen molar-refractivity contribution in [3.05, 3.63) is 0 Å². The molecule has 0 saturated heterocycles. The zero-order valence-electron chi connectivity index (χ0n) is 11.6. The predicted molar refractivity (Wildman–Crippen MR) is 68.7 cm³/mol. The van der Waals surface area contributed by atoms with Gasteiger partial charge < -0.3 is 15.2 Å². The number of aliphatic carboxylic acids is 1. The third-order valence-corrected chi connectivity index (χ3v) is 2.50. The molecule has 3 N–H and O–H groups in total. The molecule has 0 aromatic rings. The SMILES string of the molecule is COCCCCNC(=O)NC(=O)CC(C)(C)C(=O)O. The molecule has 7 heteroatoms. The number of carbonyl (C=O) groups is 3. The summed E-state index contributed by atoms with van der Waals surface area (Å²) >= 11 is 0. The Bertz CT molecular complexity index is 328. The third kappa shape index (κ3) is 8.15. The first-order chi connectivity index (χ1) is 8.79. The molecule has 0 heterocycles. The van der Waals surface area contributed by atoms with Gasteiger partial charge >= 0.3 is 12.0 Å². The van der Waals surface area contributed by atoms with Crippen LogP contribution < -0.4 is 10.6 Å². The number of hydrogen-bond acceptors (Lipinski definition) is 4. The minimum absolute atomic E-state index is 0.251. The summed E-state index contributed by atoms with van der Waals surface area (Å²) in [5, 5.41) is 13.5. The van der Waals surface area contributed by atoms with Crippen LogP contribution in [0.15, 0.2) is 0 Å². The zero-order chi connectivity index (χ0) is 14.9. The first kappa shape index (κ1) is 17.4. The van der Waals surface area contributed by atoms with Crippen LogP contribution in [0.2, 0.25) is 0 Å². The topological polar surface area (TPSA) is 105 Å². The summed E-state index contributed by atoms with van der Waals surface area (Å²) in [7, 11) is 1.60. The van der Waals surface area contributed by atoms with Crippen molar-refractivity contribution in [1.29, 1.82) is 0 Å². The summed E-state index contributed by atoms with van der Waals surface area (Å²) in [5.74, 6) is -1.69. The Morgan fingerprint density at radius 2 is 1.84 bits per heavy atom. The molecule has 0 spiro atoms. The van der Waals surface area contributed by atoms with Crippen molar-refractivity contribution in [2.75, 3.05) is 20.3 Å². The van der Waals surface area contributed by atoms with Crippen LogP contribution in [-0.4, -0.2) is 43.3 Å². The van der Waals surface area contributed by atoms with E-state index in [-0.39, 0.29) is 6.42 Å². The van der Waals surface area contributed by atoms with Gasteiger partial charge in [0, 0.05) is 26.7 Å². The van der Waals surface area contributed by atoms with E-state index in [0.29, 0.717) is 13.2 Å². The van der Waals surface area contributed by atoms with Gasteiger partial charge in [-0.1, -0.05) is 0 Å².